The van der Waals surface area contributed by atoms with E-state index in [0.717, 1.165) is 5.69 Å². The quantitative estimate of drug-likeness (QED) is 0.577. The van der Waals surface area contributed by atoms with E-state index in [-0.39, 0.29) is 17.1 Å². The molecule has 0 aliphatic heterocycles. The lowest BCUT2D eigenvalue weighted by molar-refractivity contribution is 0.101. The zero-order chi connectivity index (χ0) is 19.5. The fourth-order valence-corrected chi connectivity index (χ4v) is 2.67. The van der Waals surface area contributed by atoms with Gasteiger partial charge in [0.25, 0.3) is 5.91 Å². The molecule has 4 rings (SSSR count). The molecule has 0 saturated carbocycles. The van der Waals surface area contributed by atoms with Crippen molar-refractivity contribution >= 4 is 11.6 Å². The van der Waals surface area contributed by atoms with Gasteiger partial charge in [0.1, 0.15) is 18.3 Å². The zero-order valence-corrected chi connectivity index (χ0v) is 14.8. The Balaban J connectivity index is 1.59. The molecule has 2 aromatic carbocycles. The summed E-state index contributed by atoms with van der Waals surface area (Å²) in [7, 11) is 1.45. The maximum Gasteiger partial charge on any atom is 0.280 e. The van der Waals surface area contributed by atoms with E-state index in [9.17, 15) is 9.18 Å². The summed E-state index contributed by atoms with van der Waals surface area (Å²) in [6.45, 7) is 0. The molecular weight excluding hydrogens is 363 g/mol. The van der Waals surface area contributed by atoms with Gasteiger partial charge in [0.15, 0.2) is 17.3 Å². The lowest BCUT2D eigenvalue weighted by atomic mass is 10.2. The first-order valence-electron chi connectivity index (χ1n) is 8.30. The van der Waals surface area contributed by atoms with Crippen molar-refractivity contribution in [3.05, 3.63) is 78.9 Å². The highest BCUT2D eigenvalue weighted by Gasteiger charge is 2.19. The second-order valence-corrected chi connectivity index (χ2v) is 5.79. The first kappa shape index (κ1) is 17.4. The van der Waals surface area contributed by atoms with Crippen molar-refractivity contribution in [3.8, 4) is 17.1 Å². The number of benzene rings is 2. The molecule has 1 N–H and O–H groups in total. The molecule has 2 heterocycles. The minimum atomic E-state index is -0.551. The number of methoxy groups -OCH3 is 1. The summed E-state index contributed by atoms with van der Waals surface area (Å²) in [4.78, 5) is 16.4. The number of nitrogens with zero attached hydrogens (tertiary/aromatic N) is 5. The Kier molecular flexibility index (Phi) is 4.55. The fraction of sp³-hybridized carbons (Fsp3) is 0.0526. The van der Waals surface area contributed by atoms with Gasteiger partial charge in [0.05, 0.1) is 19.0 Å². The number of carbonyl (C=O) groups excluding carboxylic acids is 1. The number of ether oxygens (including phenoxy) is 1. The second kappa shape index (κ2) is 7.31. The van der Waals surface area contributed by atoms with Crippen molar-refractivity contribution in [1.82, 2.24) is 24.5 Å². The number of carbonyl (C=O) groups is 1. The van der Waals surface area contributed by atoms with Crippen LogP contribution in [0.2, 0.25) is 0 Å². The summed E-state index contributed by atoms with van der Waals surface area (Å²) in [6, 6.07) is 13.6. The Hall–Kier alpha value is -4.01. The SMILES string of the molecule is COc1cn(-c2ccccc2)nc1C(=O)Nc1ccc(-n2cncn2)c(F)c1. The van der Waals surface area contributed by atoms with Crippen molar-refractivity contribution in [2.24, 2.45) is 0 Å². The normalized spacial score (nSPS) is 10.6. The van der Waals surface area contributed by atoms with Crippen LogP contribution in [-0.4, -0.2) is 37.6 Å². The van der Waals surface area contributed by atoms with Crippen LogP contribution in [0.25, 0.3) is 11.4 Å². The van der Waals surface area contributed by atoms with E-state index in [4.69, 9.17) is 4.74 Å². The first-order valence-corrected chi connectivity index (χ1v) is 8.30. The van der Waals surface area contributed by atoms with Crippen molar-refractivity contribution in [1.29, 1.82) is 0 Å². The highest BCUT2D eigenvalue weighted by molar-refractivity contribution is 6.04. The largest absolute Gasteiger partial charge is 0.493 e. The molecule has 28 heavy (non-hydrogen) atoms. The predicted octanol–water partition coefficient (Wildman–Crippen LogP) is 2.85. The van der Waals surface area contributed by atoms with Gasteiger partial charge in [-0.3, -0.25) is 4.79 Å². The van der Waals surface area contributed by atoms with E-state index in [1.807, 2.05) is 30.3 Å². The minimum Gasteiger partial charge on any atom is -0.493 e. The molecule has 1 amide bonds. The van der Waals surface area contributed by atoms with Crippen molar-refractivity contribution < 1.29 is 13.9 Å². The van der Waals surface area contributed by atoms with Crippen LogP contribution in [0.1, 0.15) is 10.5 Å². The number of halogens is 1. The molecule has 0 fully saturated rings. The lowest BCUT2D eigenvalue weighted by Gasteiger charge is -2.07. The van der Waals surface area contributed by atoms with Gasteiger partial charge in [-0.25, -0.2) is 18.7 Å². The number of aromatic nitrogens is 5. The number of para-hydroxylation sites is 1. The van der Waals surface area contributed by atoms with Crippen LogP contribution in [0, 0.1) is 5.82 Å². The van der Waals surface area contributed by atoms with Gasteiger partial charge in [-0.2, -0.15) is 10.2 Å². The van der Waals surface area contributed by atoms with Crippen molar-refractivity contribution in [2.45, 2.75) is 0 Å². The first-order chi connectivity index (χ1) is 13.7. The molecular formula is C19H15FN6O2. The molecule has 9 heteroatoms. The molecule has 0 aliphatic rings. The molecule has 0 aliphatic carbocycles. The summed E-state index contributed by atoms with van der Waals surface area (Å²) < 4.78 is 22.5. The smallest absolute Gasteiger partial charge is 0.280 e. The van der Waals surface area contributed by atoms with Crippen LogP contribution in [0.15, 0.2) is 67.4 Å². The van der Waals surface area contributed by atoms with E-state index in [0.29, 0.717) is 5.75 Å². The third-order valence-corrected chi connectivity index (χ3v) is 4.01. The monoisotopic (exact) mass is 378 g/mol. The van der Waals surface area contributed by atoms with E-state index in [2.05, 4.69) is 20.5 Å². The number of anilines is 1. The van der Waals surface area contributed by atoms with Gasteiger partial charge >= 0.3 is 0 Å². The number of hydrogen-bond donors (Lipinski definition) is 1. The molecule has 8 nitrogen and oxygen atoms in total. The van der Waals surface area contributed by atoms with Gasteiger partial charge in [-0.1, -0.05) is 18.2 Å². The topological polar surface area (TPSA) is 86.9 Å². The fourth-order valence-electron chi connectivity index (χ4n) is 2.67. The summed E-state index contributed by atoms with van der Waals surface area (Å²) in [6.07, 6.45) is 4.31. The Morgan fingerprint density at radius 1 is 1.14 bits per heavy atom. The number of rotatable bonds is 5. The van der Waals surface area contributed by atoms with Crippen LogP contribution >= 0.6 is 0 Å². The average molecular weight is 378 g/mol. The number of hydrogen-bond acceptors (Lipinski definition) is 5. The molecule has 0 unspecified atom stereocenters. The lowest BCUT2D eigenvalue weighted by Crippen LogP contribution is -2.14. The summed E-state index contributed by atoms with van der Waals surface area (Å²) >= 11 is 0. The molecule has 2 aromatic heterocycles. The average Bonchev–Trinajstić information content (AvgIpc) is 3.39. The summed E-state index contributed by atoms with van der Waals surface area (Å²) in [5, 5.41) is 10.8. The second-order valence-electron chi connectivity index (χ2n) is 5.79. The Morgan fingerprint density at radius 2 is 1.96 bits per heavy atom. The molecule has 140 valence electrons. The van der Waals surface area contributed by atoms with Gasteiger partial charge in [0.2, 0.25) is 0 Å². The van der Waals surface area contributed by atoms with Gasteiger partial charge < -0.3 is 10.1 Å². The van der Waals surface area contributed by atoms with E-state index >= 15 is 0 Å². The molecule has 4 aromatic rings. The van der Waals surface area contributed by atoms with Gasteiger partial charge in [-0.15, -0.1) is 0 Å². The Morgan fingerprint density at radius 3 is 2.64 bits per heavy atom. The van der Waals surface area contributed by atoms with Gasteiger partial charge in [-0.05, 0) is 30.3 Å². The van der Waals surface area contributed by atoms with Crippen LogP contribution in [0.4, 0.5) is 10.1 Å². The molecule has 0 saturated heterocycles. The van der Waals surface area contributed by atoms with Crippen molar-refractivity contribution in [2.75, 3.05) is 12.4 Å². The van der Waals surface area contributed by atoms with Gasteiger partial charge in [0, 0.05) is 5.69 Å². The number of amides is 1. The third kappa shape index (κ3) is 3.32. The van der Waals surface area contributed by atoms with E-state index in [1.165, 1.54) is 36.6 Å². The molecule has 0 atom stereocenters. The zero-order valence-electron chi connectivity index (χ0n) is 14.8. The van der Waals surface area contributed by atoms with Crippen molar-refractivity contribution in [3.63, 3.8) is 0 Å². The number of nitrogens with one attached hydrogen (secondary N) is 1. The van der Waals surface area contributed by atoms with E-state index < -0.39 is 11.7 Å². The standard InChI is InChI=1S/C19H15FN6O2/c1-28-17-10-25(14-5-3-2-4-6-14)24-18(17)19(27)23-13-7-8-16(15(20)9-13)26-12-21-11-22-26/h2-12H,1H3,(H,23,27). The molecule has 0 spiro atoms. The van der Waals surface area contributed by atoms with Crippen LogP contribution in [-0.2, 0) is 0 Å². The molecule has 0 radical (unpaired) electrons. The van der Waals surface area contributed by atoms with Crippen LogP contribution < -0.4 is 10.1 Å². The third-order valence-electron chi connectivity index (χ3n) is 4.01. The van der Waals surface area contributed by atoms with E-state index in [1.54, 1.807) is 16.9 Å². The highest BCUT2D eigenvalue weighted by atomic mass is 19.1. The summed E-state index contributed by atoms with van der Waals surface area (Å²) in [5.74, 6) is -0.759. The Labute approximate surface area is 159 Å². The highest BCUT2D eigenvalue weighted by Crippen LogP contribution is 2.22. The molecule has 0 bridgehead atoms. The Bertz CT molecular complexity index is 1110. The summed E-state index contributed by atoms with van der Waals surface area (Å²) in [5.41, 5.74) is 1.37. The minimum absolute atomic E-state index is 0.0899. The van der Waals surface area contributed by atoms with Crippen LogP contribution in [0.3, 0.4) is 0 Å². The maximum atomic E-state index is 14.4. The predicted molar refractivity (Wildman–Crippen MR) is 99.4 cm³/mol. The van der Waals surface area contributed by atoms with Crippen LogP contribution in [0.5, 0.6) is 5.75 Å². The maximum absolute atomic E-state index is 14.4.